The number of aliphatic hydroxyl groups excluding tert-OH is 1. The van der Waals surface area contributed by atoms with Crippen LogP contribution in [0.3, 0.4) is 0 Å². The fraction of sp³-hybridized carbons (Fsp3) is 0.500. The number of aryl methyl sites for hydroxylation is 1. The fourth-order valence-electron chi connectivity index (χ4n) is 1.42. The maximum atomic E-state index is 8.72. The van der Waals surface area contributed by atoms with Crippen molar-refractivity contribution in [1.29, 1.82) is 0 Å². The van der Waals surface area contributed by atoms with E-state index in [1.54, 1.807) is 0 Å². The van der Waals surface area contributed by atoms with Gasteiger partial charge in [0.1, 0.15) is 0 Å². The molecule has 0 atom stereocenters. The Balaban J connectivity index is 2.57. The average Bonchev–Trinajstić information content (AvgIpc) is 2.26. The highest BCUT2D eigenvalue weighted by atomic mass is 16.3. The molecule has 0 bridgehead atoms. The van der Waals surface area contributed by atoms with E-state index in [9.17, 15) is 0 Å². The Bertz CT molecular complexity index is 256. The van der Waals surface area contributed by atoms with Gasteiger partial charge in [-0.3, -0.25) is 0 Å². The molecule has 0 unspecified atom stereocenters. The van der Waals surface area contributed by atoms with Crippen LogP contribution in [0, 0.1) is 0 Å². The van der Waals surface area contributed by atoms with Gasteiger partial charge in [-0.05, 0) is 30.5 Å². The van der Waals surface area contributed by atoms with Crippen LogP contribution in [0.4, 0.5) is 5.69 Å². The van der Waals surface area contributed by atoms with E-state index in [-0.39, 0.29) is 6.61 Å². The molecule has 2 heteroatoms. The third-order valence-corrected chi connectivity index (χ3v) is 2.44. The smallest absolute Gasteiger partial charge is 0.0447 e. The Morgan fingerprint density at radius 2 is 1.86 bits per heavy atom. The first kappa shape index (κ1) is 11.1. The normalized spacial score (nSPS) is 10.2. The molecule has 0 aliphatic carbocycles. The molecule has 0 aliphatic heterocycles. The molecule has 0 radical (unpaired) electrons. The molecule has 78 valence electrons. The van der Waals surface area contributed by atoms with Crippen LogP contribution in [-0.4, -0.2) is 25.3 Å². The molecule has 0 aliphatic rings. The Hall–Kier alpha value is -1.02. The van der Waals surface area contributed by atoms with Crippen LogP contribution in [0.5, 0.6) is 0 Å². The van der Waals surface area contributed by atoms with Crippen molar-refractivity contribution in [3.8, 4) is 0 Å². The first-order valence-corrected chi connectivity index (χ1v) is 5.19. The number of benzene rings is 1. The van der Waals surface area contributed by atoms with Crippen molar-refractivity contribution in [2.45, 2.75) is 19.8 Å². The Morgan fingerprint density at radius 1 is 1.21 bits per heavy atom. The van der Waals surface area contributed by atoms with Crippen LogP contribution in [-0.2, 0) is 6.42 Å². The second-order valence-electron chi connectivity index (χ2n) is 3.52. The zero-order valence-corrected chi connectivity index (χ0v) is 9.03. The van der Waals surface area contributed by atoms with Crippen LogP contribution in [0.15, 0.2) is 24.3 Å². The van der Waals surface area contributed by atoms with E-state index >= 15 is 0 Å². The number of rotatable bonds is 5. The van der Waals surface area contributed by atoms with Gasteiger partial charge in [0.15, 0.2) is 0 Å². The van der Waals surface area contributed by atoms with Gasteiger partial charge in [-0.2, -0.15) is 0 Å². The predicted molar refractivity (Wildman–Crippen MR) is 60.8 cm³/mol. The molecular weight excluding hydrogens is 174 g/mol. The molecule has 1 aromatic rings. The van der Waals surface area contributed by atoms with Crippen molar-refractivity contribution in [1.82, 2.24) is 0 Å². The second kappa shape index (κ2) is 5.66. The third-order valence-electron chi connectivity index (χ3n) is 2.44. The summed E-state index contributed by atoms with van der Waals surface area (Å²) in [5, 5.41) is 8.72. The molecule has 14 heavy (non-hydrogen) atoms. The summed E-state index contributed by atoms with van der Waals surface area (Å²) in [6.07, 6.45) is 1.91. The second-order valence-corrected chi connectivity index (χ2v) is 3.52. The average molecular weight is 193 g/mol. The minimum absolute atomic E-state index is 0.261. The standard InChI is InChI=1S/C12H19NO/c1-3-11-5-7-12(8-6-11)13(2)9-4-10-14/h5-8,14H,3-4,9-10H2,1-2H3. The number of nitrogens with zero attached hydrogens (tertiary/aromatic N) is 1. The van der Waals surface area contributed by atoms with Crippen molar-refractivity contribution in [2.24, 2.45) is 0 Å². The van der Waals surface area contributed by atoms with E-state index in [0.29, 0.717) is 0 Å². The van der Waals surface area contributed by atoms with Crippen LogP contribution < -0.4 is 4.90 Å². The van der Waals surface area contributed by atoms with Gasteiger partial charge in [-0.15, -0.1) is 0 Å². The first-order chi connectivity index (χ1) is 6.77. The van der Waals surface area contributed by atoms with Gasteiger partial charge in [-0.25, -0.2) is 0 Å². The lowest BCUT2D eigenvalue weighted by atomic mass is 10.1. The van der Waals surface area contributed by atoms with Gasteiger partial charge >= 0.3 is 0 Å². The summed E-state index contributed by atoms with van der Waals surface area (Å²) < 4.78 is 0. The van der Waals surface area contributed by atoms with E-state index in [2.05, 4.69) is 43.1 Å². The highest BCUT2D eigenvalue weighted by Crippen LogP contribution is 2.14. The van der Waals surface area contributed by atoms with Crippen molar-refractivity contribution < 1.29 is 5.11 Å². The maximum Gasteiger partial charge on any atom is 0.0447 e. The molecule has 0 saturated heterocycles. The molecule has 0 heterocycles. The molecule has 0 saturated carbocycles. The van der Waals surface area contributed by atoms with Crippen molar-refractivity contribution in [2.75, 3.05) is 25.1 Å². The topological polar surface area (TPSA) is 23.5 Å². The highest BCUT2D eigenvalue weighted by molar-refractivity contribution is 5.46. The minimum Gasteiger partial charge on any atom is -0.396 e. The molecule has 0 aromatic heterocycles. The summed E-state index contributed by atoms with van der Waals surface area (Å²) in [6, 6.07) is 8.59. The molecule has 0 fully saturated rings. The van der Waals surface area contributed by atoms with E-state index in [0.717, 1.165) is 19.4 Å². The van der Waals surface area contributed by atoms with Crippen molar-refractivity contribution in [3.05, 3.63) is 29.8 Å². The third kappa shape index (κ3) is 3.04. The van der Waals surface area contributed by atoms with Gasteiger partial charge in [0.2, 0.25) is 0 Å². The van der Waals surface area contributed by atoms with Gasteiger partial charge in [0, 0.05) is 25.9 Å². The van der Waals surface area contributed by atoms with Crippen LogP contribution >= 0.6 is 0 Å². The monoisotopic (exact) mass is 193 g/mol. The van der Waals surface area contributed by atoms with Gasteiger partial charge in [0.05, 0.1) is 0 Å². The number of hydrogen-bond acceptors (Lipinski definition) is 2. The highest BCUT2D eigenvalue weighted by Gasteiger charge is 1.99. The number of anilines is 1. The fourth-order valence-corrected chi connectivity index (χ4v) is 1.42. The maximum absolute atomic E-state index is 8.72. The lowest BCUT2D eigenvalue weighted by molar-refractivity contribution is 0.290. The predicted octanol–water partition coefficient (Wildman–Crippen LogP) is 2.07. The SMILES string of the molecule is CCc1ccc(N(C)CCCO)cc1. The lowest BCUT2D eigenvalue weighted by Gasteiger charge is -2.18. The van der Waals surface area contributed by atoms with Gasteiger partial charge in [0.25, 0.3) is 0 Å². The molecule has 1 N–H and O–H groups in total. The van der Waals surface area contributed by atoms with Crippen LogP contribution in [0.2, 0.25) is 0 Å². The van der Waals surface area contributed by atoms with Crippen LogP contribution in [0.25, 0.3) is 0 Å². The van der Waals surface area contributed by atoms with Crippen LogP contribution in [0.1, 0.15) is 18.9 Å². The molecule has 0 spiro atoms. The Labute approximate surface area is 86.2 Å². The zero-order chi connectivity index (χ0) is 10.4. The van der Waals surface area contributed by atoms with E-state index in [1.807, 2.05) is 0 Å². The largest absolute Gasteiger partial charge is 0.396 e. The Morgan fingerprint density at radius 3 is 2.36 bits per heavy atom. The zero-order valence-electron chi connectivity index (χ0n) is 9.03. The summed E-state index contributed by atoms with van der Waals surface area (Å²) in [6.45, 7) is 3.32. The minimum atomic E-state index is 0.261. The van der Waals surface area contributed by atoms with Crippen molar-refractivity contribution in [3.63, 3.8) is 0 Å². The molecular formula is C12H19NO. The summed E-state index contributed by atoms with van der Waals surface area (Å²) in [5.41, 5.74) is 2.58. The van der Waals surface area contributed by atoms with E-state index in [1.165, 1.54) is 11.3 Å². The molecule has 0 amide bonds. The van der Waals surface area contributed by atoms with E-state index in [4.69, 9.17) is 5.11 Å². The van der Waals surface area contributed by atoms with Crippen molar-refractivity contribution >= 4 is 5.69 Å². The van der Waals surface area contributed by atoms with Gasteiger partial charge in [-0.1, -0.05) is 19.1 Å². The summed E-state index contributed by atoms with van der Waals surface area (Å²) >= 11 is 0. The Kier molecular flexibility index (Phi) is 4.47. The lowest BCUT2D eigenvalue weighted by Crippen LogP contribution is -2.19. The number of aliphatic hydroxyl groups is 1. The van der Waals surface area contributed by atoms with E-state index < -0.39 is 0 Å². The summed E-state index contributed by atoms with van der Waals surface area (Å²) in [4.78, 5) is 2.16. The van der Waals surface area contributed by atoms with Gasteiger partial charge < -0.3 is 10.0 Å². The number of hydrogen-bond donors (Lipinski definition) is 1. The molecule has 2 nitrogen and oxygen atoms in total. The molecule has 1 rings (SSSR count). The first-order valence-electron chi connectivity index (χ1n) is 5.19. The quantitative estimate of drug-likeness (QED) is 0.773. The summed E-state index contributed by atoms with van der Waals surface area (Å²) in [5.74, 6) is 0. The molecule has 1 aromatic carbocycles. The summed E-state index contributed by atoms with van der Waals surface area (Å²) in [7, 11) is 2.05.